The fourth-order valence-electron chi connectivity index (χ4n) is 3.21. The van der Waals surface area contributed by atoms with Crippen LogP contribution in [-0.2, 0) is 28.5 Å². The highest BCUT2D eigenvalue weighted by Crippen LogP contribution is 2.27. The van der Waals surface area contributed by atoms with E-state index < -0.39 is 53.1 Å². The summed E-state index contributed by atoms with van der Waals surface area (Å²) >= 11 is 0. The molecule has 0 unspecified atom stereocenters. The molecule has 2 amide bonds. The standard InChI is InChI=1S/C28H52N2O8/c1-25(2,3)20(15-13-14-18-29-23(33)38-28(10,11)12)35-24(34)30-19(22(32)37-27(7,8)9)16-17-21(31)36-26(4,5)6/h19-20H,13-18H2,1-12H3,(H,29,33)(H,30,34)/t19-,20-/m0/s1. The molecule has 0 heterocycles. The fourth-order valence-corrected chi connectivity index (χ4v) is 3.21. The molecule has 0 aliphatic rings. The Morgan fingerprint density at radius 3 is 1.66 bits per heavy atom. The third-order valence-corrected chi connectivity index (χ3v) is 4.82. The van der Waals surface area contributed by atoms with Crippen molar-refractivity contribution in [3.63, 3.8) is 0 Å². The zero-order valence-corrected chi connectivity index (χ0v) is 25.7. The maximum absolute atomic E-state index is 12.8. The van der Waals surface area contributed by atoms with Crippen molar-refractivity contribution in [3.8, 4) is 0 Å². The summed E-state index contributed by atoms with van der Waals surface area (Å²) in [6.45, 7) is 22.1. The third-order valence-electron chi connectivity index (χ3n) is 4.82. The van der Waals surface area contributed by atoms with E-state index in [-0.39, 0.29) is 18.3 Å². The highest BCUT2D eigenvalue weighted by atomic mass is 16.6. The minimum Gasteiger partial charge on any atom is -0.460 e. The number of hydrogen-bond acceptors (Lipinski definition) is 8. The molecule has 0 fully saturated rings. The first kappa shape index (κ1) is 35.5. The van der Waals surface area contributed by atoms with Crippen LogP contribution in [0.4, 0.5) is 9.59 Å². The van der Waals surface area contributed by atoms with Crippen molar-refractivity contribution in [1.29, 1.82) is 0 Å². The summed E-state index contributed by atoms with van der Waals surface area (Å²) in [5.41, 5.74) is -2.36. The molecule has 0 saturated carbocycles. The molecule has 0 aliphatic heterocycles. The average Bonchev–Trinajstić information content (AvgIpc) is 2.65. The summed E-state index contributed by atoms with van der Waals surface area (Å²) < 4.78 is 21.7. The molecule has 10 heteroatoms. The Morgan fingerprint density at radius 1 is 0.658 bits per heavy atom. The third kappa shape index (κ3) is 18.7. The summed E-state index contributed by atoms with van der Waals surface area (Å²) in [4.78, 5) is 49.6. The van der Waals surface area contributed by atoms with Gasteiger partial charge in [0.2, 0.25) is 0 Å². The number of alkyl carbamates (subject to hydrolysis) is 2. The number of esters is 2. The number of ether oxygens (including phenoxy) is 4. The van der Waals surface area contributed by atoms with Gasteiger partial charge in [0.15, 0.2) is 0 Å². The van der Waals surface area contributed by atoms with Crippen LogP contribution in [0.25, 0.3) is 0 Å². The topological polar surface area (TPSA) is 129 Å². The van der Waals surface area contributed by atoms with Gasteiger partial charge in [-0.05, 0) is 93.4 Å². The van der Waals surface area contributed by atoms with E-state index in [4.69, 9.17) is 18.9 Å². The van der Waals surface area contributed by atoms with E-state index in [9.17, 15) is 19.2 Å². The number of carbonyl (C=O) groups is 4. The van der Waals surface area contributed by atoms with Crippen LogP contribution in [0.15, 0.2) is 0 Å². The summed E-state index contributed by atoms with van der Waals surface area (Å²) in [7, 11) is 0. The van der Waals surface area contributed by atoms with Crippen LogP contribution in [-0.4, -0.2) is 59.6 Å². The predicted octanol–water partition coefficient (Wildman–Crippen LogP) is 5.65. The van der Waals surface area contributed by atoms with Gasteiger partial charge in [-0.25, -0.2) is 14.4 Å². The van der Waals surface area contributed by atoms with Gasteiger partial charge in [0.05, 0.1) is 0 Å². The molecule has 2 N–H and O–H groups in total. The van der Waals surface area contributed by atoms with Crippen LogP contribution in [0.1, 0.15) is 115 Å². The number of hydrogen-bond donors (Lipinski definition) is 2. The number of carbonyl (C=O) groups excluding carboxylic acids is 4. The first-order valence-corrected chi connectivity index (χ1v) is 13.4. The Hall–Kier alpha value is -2.52. The van der Waals surface area contributed by atoms with E-state index in [1.54, 1.807) is 62.3 Å². The van der Waals surface area contributed by atoms with Gasteiger partial charge < -0.3 is 29.6 Å². The summed E-state index contributed by atoms with van der Waals surface area (Å²) in [6.07, 6.45) is 0.171. The van der Waals surface area contributed by atoms with E-state index in [0.717, 1.165) is 0 Å². The zero-order valence-electron chi connectivity index (χ0n) is 25.7. The lowest BCUT2D eigenvalue weighted by Crippen LogP contribution is -2.46. The van der Waals surface area contributed by atoms with Crippen LogP contribution < -0.4 is 10.6 Å². The molecule has 0 radical (unpaired) electrons. The van der Waals surface area contributed by atoms with Crippen LogP contribution in [0.3, 0.4) is 0 Å². The van der Waals surface area contributed by atoms with Crippen LogP contribution in [0.5, 0.6) is 0 Å². The van der Waals surface area contributed by atoms with E-state index in [0.29, 0.717) is 25.8 Å². The number of amides is 2. The van der Waals surface area contributed by atoms with E-state index in [1.807, 2.05) is 20.8 Å². The molecule has 0 rings (SSSR count). The second-order valence-electron chi connectivity index (χ2n) is 13.5. The minimum absolute atomic E-state index is 0.00937. The maximum atomic E-state index is 12.8. The SMILES string of the molecule is CC(C)(C)OC(=O)CC[C@H](NC(=O)O[C@@H](CCCCNC(=O)OC(C)(C)C)C(C)(C)C)C(=O)OC(C)(C)C. The Balaban J connectivity index is 5.08. The molecule has 222 valence electrons. The Morgan fingerprint density at radius 2 is 1.18 bits per heavy atom. The zero-order chi connectivity index (χ0) is 29.9. The van der Waals surface area contributed by atoms with Crippen molar-refractivity contribution in [2.24, 2.45) is 5.41 Å². The fraction of sp³-hybridized carbons (Fsp3) is 0.857. The molecule has 0 bridgehead atoms. The summed E-state index contributed by atoms with van der Waals surface area (Å²) in [5.74, 6) is -1.13. The van der Waals surface area contributed by atoms with Gasteiger partial charge in [-0.3, -0.25) is 4.79 Å². The quantitative estimate of drug-likeness (QED) is 0.194. The Kier molecular flexibility index (Phi) is 13.6. The van der Waals surface area contributed by atoms with Gasteiger partial charge >= 0.3 is 24.1 Å². The minimum atomic E-state index is -1.08. The first-order valence-electron chi connectivity index (χ1n) is 13.4. The van der Waals surface area contributed by atoms with Crippen LogP contribution >= 0.6 is 0 Å². The smallest absolute Gasteiger partial charge is 0.408 e. The first-order chi connectivity index (χ1) is 17.0. The normalized spacial score (nSPS) is 14.1. The molecular weight excluding hydrogens is 492 g/mol. The highest BCUT2D eigenvalue weighted by molar-refractivity contribution is 5.82. The van der Waals surface area contributed by atoms with Crippen molar-refractivity contribution in [1.82, 2.24) is 10.6 Å². The van der Waals surface area contributed by atoms with Gasteiger partial charge in [-0.2, -0.15) is 0 Å². The number of unbranched alkanes of at least 4 members (excludes halogenated alkanes) is 1. The molecule has 0 aliphatic carbocycles. The number of nitrogens with one attached hydrogen (secondary N) is 2. The lowest BCUT2D eigenvalue weighted by molar-refractivity contribution is -0.158. The van der Waals surface area contributed by atoms with Gasteiger partial charge in [0, 0.05) is 13.0 Å². The van der Waals surface area contributed by atoms with E-state index >= 15 is 0 Å². The van der Waals surface area contributed by atoms with Crippen LogP contribution in [0.2, 0.25) is 0 Å². The second kappa shape index (κ2) is 14.6. The van der Waals surface area contributed by atoms with Gasteiger partial charge in [-0.1, -0.05) is 20.8 Å². The molecule has 10 nitrogen and oxygen atoms in total. The summed E-state index contributed by atoms with van der Waals surface area (Å²) in [6, 6.07) is -1.08. The molecule has 0 spiro atoms. The second-order valence-corrected chi connectivity index (χ2v) is 13.5. The van der Waals surface area contributed by atoms with Gasteiger partial charge in [-0.15, -0.1) is 0 Å². The van der Waals surface area contributed by atoms with Crippen molar-refractivity contribution < 1.29 is 38.1 Å². The lowest BCUT2D eigenvalue weighted by Gasteiger charge is -2.31. The molecule has 2 atom stereocenters. The average molecular weight is 545 g/mol. The van der Waals surface area contributed by atoms with E-state index in [2.05, 4.69) is 10.6 Å². The lowest BCUT2D eigenvalue weighted by atomic mass is 9.86. The Labute approximate surface area is 229 Å². The van der Waals surface area contributed by atoms with Crippen molar-refractivity contribution in [2.45, 2.75) is 144 Å². The maximum Gasteiger partial charge on any atom is 0.408 e. The Bertz CT molecular complexity index is 783. The molecule has 0 aromatic rings. The van der Waals surface area contributed by atoms with Gasteiger partial charge in [0.25, 0.3) is 0 Å². The van der Waals surface area contributed by atoms with Crippen molar-refractivity contribution in [3.05, 3.63) is 0 Å². The molecule has 38 heavy (non-hydrogen) atoms. The summed E-state index contributed by atoms with van der Waals surface area (Å²) in [5, 5.41) is 5.30. The molecular formula is C28H52N2O8. The molecule has 0 aromatic carbocycles. The predicted molar refractivity (Wildman–Crippen MR) is 146 cm³/mol. The highest BCUT2D eigenvalue weighted by Gasteiger charge is 2.32. The van der Waals surface area contributed by atoms with Crippen molar-refractivity contribution in [2.75, 3.05) is 6.54 Å². The van der Waals surface area contributed by atoms with Gasteiger partial charge in [0.1, 0.15) is 28.9 Å². The van der Waals surface area contributed by atoms with Crippen molar-refractivity contribution >= 4 is 24.1 Å². The number of rotatable bonds is 11. The molecule has 0 aromatic heterocycles. The largest absolute Gasteiger partial charge is 0.460 e. The van der Waals surface area contributed by atoms with E-state index in [1.165, 1.54) is 0 Å². The van der Waals surface area contributed by atoms with Crippen LogP contribution in [0, 0.1) is 5.41 Å². The monoisotopic (exact) mass is 544 g/mol. The molecule has 0 saturated heterocycles.